The van der Waals surface area contributed by atoms with Crippen molar-refractivity contribution in [1.29, 1.82) is 0 Å². The summed E-state index contributed by atoms with van der Waals surface area (Å²) in [5, 5.41) is 0. The highest BCUT2D eigenvalue weighted by Gasteiger charge is 2.31. The molecule has 0 aromatic rings. The Morgan fingerprint density at radius 3 is 1.84 bits per heavy atom. The van der Waals surface area contributed by atoms with E-state index in [4.69, 9.17) is 0 Å². The van der Waals surface area contributed by atoms with E-state index in [2.05, 4.69) is 59.9 Å². The van der Waals surface area contributed by atoms with Crippen LogP contribution in [0, 0.1) is 5.41 Å². The minimum Gasteiger partial charge on any atom is -0.102 e. The third kappa shape index (κ3) is 5.63. The van der Waals surface area contributed by atoms with Crippen LogP contribution < -0.4 is 0 Å². The molecule has 110 valence electrons. The summed E-state index contributed by atoms with van der Waals surface area (Å²) in [7, 11) is 0. The van der Waals surface area contributed by atoms with Gasteiger partial charge in [-0.3, -0.25) is 0 Å². The quantitative estimate of drug-likeness (QED) is 0.485. The maximum Gasteiger partial charge on any atom is 0.0483 e. The van der Waals surface area contributed by atoms with Gasteiger partial charge in [-0.05, 0) is 20.3 Å². The minimum absolute atomic E-state index is 0.0567. The zero-order valence-corrected chi connectivity index (χ0v) is 14.3. The molecule has 19 heavy (non-hydrogen) atoms. The van der Waals surface area contributed by atoms with Crippen LogP contribution >= 0.6 is 0 Å². The summed E-state index contributed by atoms with van der Waals surface area (Å²) in [6.07, 6.45) is 10.1. The van der Waals surface area contributed by atoms with E-state index in [1.807, 2.05) is 19.9 Å². The molecule has 0 N–H and O–H groups in total. The molecule has 0 saturated carbocycles. The lowest BCUT2D eigenvalue weighted by Crippen LogP contribution is -2.16. The van der Waals surface area contributed by atoms with Crippen LogP contribution in [-0.2, 0) is 0 Å². The lowest BCUT2D eigenvalue weighted by atomic mass is 9.76. The average Bonchev–Trinajstić information content (AvgIpc) is 2.75. The van der Waals surface area contributed by atoms with Crippen molar-refractivity contribution in [2.45, 2.75) is 67.7 Å². The molecule has 0 aromatic carbocycles. The molecule has 0 saturated heterocycles. The third-order valence-electron chi connectivity index (χ3n) is 3.39. The topological polar surface area (TPSA) is 0 Å². The first-order valence-electron chi connectivity index (χ1n) is 7.68. The molecule has 1 atom stereocenters. The highest BCUT2D eigenvalue weighted by molar-refractivity contribution is 5.49. The van der Waals surface area contributed by atoms with Gasteiger partial charge in [0, 0.05) is 5.41 Å². The molecule has 0 heterocycles. The van der Waals surface area contributed by atoms with Crippen molar-refractivity contribution in [3.05, 3.63) is 48.1 Å². The van der Waals surface area contributed by atoms with Gasteiger partial charge in [0.05, 0.1) is 0 Å². The highest BCUT2D eigenvalue weighted by Crippen LogP contribution is 2.44. The Hall–Kier alpha value is -1.04. The van der Waals surface area contributed by atoms with Crippen molar-refractivity contribution >= 4 is 0 Å². The molecule has 0 heteroatoms. The number of rotatable bonds is 4. The summed E-state index contributed by atoms with van der Waals surface area (Å²) in [4.78, 5) is 0. The monoisotopic (exact) mass is 262 g/mol. The molecule has 0 bridgehead atoms. The molecule has 0 aliphatic heterocycles. The van der Waals surface area contributed by atoms with Crippen LogP contribution in [-0.4, -0.2) is 0 Å². The van der Waals surface area contributed by atoms with Gasteiger partial charge < -0.3 is 0 Å². The molecular weight excluding hydrogens is 228 g/mol. The van der Waals surface area contributed by atoms with Crippen LogP contribution in [0.4, 0.5) is 0 Å². The summed E-state index contributed by atoms with van der Waals surface area (Å²) < 4.78 is 0. The summed E-state index contributed by atoms with van der Waals surface area (Å²) in [6, 6.07) is 0. The summed E-state index contributed by atoms with van der Waals surface area (Å²) >= 11 is 0. The smallest absolute Gasteiger partial charge is 0.0483 e. The van der Waals surface area contributed by atoms with E-state index < -0.39 is 0 Å². The fourth-order valence-electron chi connectivity index (χ4n) is 2.01. The van der Waals surface area contributed by atoms with Crippen LogP contribution in [0.5, 0.6) is 0 Å². The molecule has 0 fully saturated rings. The van der Waals surface area contributed by atoms with Gasteiger partial charge in [0.25, 0.3) is 0 Å². The van der Waals surface area contributed by atoms with Crippen LogP contribution in [0.15, 0.2) is 48.1 Å². The van der Waals surface area contributed by atoms with Crippen LogP contribution in [0.1, 0.15) is 67.7 Å². The largest absolute Gasteiger partial charge is 0.102 e. The molecule has 0 spiro atoms. The van der Waals surface area contributed by atoms with Gasteiger partial charge in [0.15, 0.2) is 0 Å². The lowest BCUT2D eigenvalue weighted by molar-refractivity contribution is 0.684. The molecule has 1 aliphatic rings. The number of hydrogen-bond donors (Lipinski definition) is 0. The van der Waals surface area contributed by atoms with E-state index in [1.165, 1.54) is 29.6 Å². The SMILES string of the molecule is C=CC1(C(=C)CC)C=C(C)C=C1C.CC.CCCC. The van der Waals surface area contributed by atoms with Gasteiger partial charge in [0.1, 0.15) is 0 Å². The Labute approximate surface area is 122 Å². The maximum absolute atomic E-state index is 4.13. The van der Waals surface area contributed by atoms with Crippen molar-refractivity contribution in [3.8, 4) is 0 Å². The third-order valence-corrected chi connectivity index (χ3v) is 3.39. The number of unbranched alkanes of at least 4 members (excludes halogenated alkanes) is 1. The molecule has 0 nitrogen and oxygen atoms in total. The van der Waals surface area contributed by atoms with Gasteiger partial charge in [0.2, 0.25) is 0 Å². The predicted octanol–water partition coefficient (Wildman–Crippen LogP) is 6.86. The van der Waals surface area contributed by atoms with E-state index in [1.54, 1.807) is 0 Å². The summed E-state index contributed by atoms with van der Waals surface area (Å²) in [5.41, 5.74) is 3.82. The molecule has 1 rings (SSSR count). The molecule has 1 aliphatic carbocycles. The molecule has 0 radical (unpaired) electrons. The normalized spacial score (nSPS) is 20.2. The number of hydrogen-bond acceptors (Lipinski definition) is 0. The Kier molecular flexibility index (Phi) is 11.6. The standard InChI is InChI=1S/C13H18.C4H10.C2H6/c1-6-11(4)13(7-2)9-10(3)8-12(13)5;1-3-4-2;1-2/h7-9H,2,4,6H2,1,3,5H3;3-4H2,1-2H3;1-2H3. The molecular formula is C19H34. The molecule has 1 unspecified atom stereocenters. The van der Waals surface area contributed by atoms with Crippen LogP contribution in [0.3, 0.4) is 0 Å². The van der Waals surface area contributed by atoms with Gasteiger partial charge in [-0.2, -0.15) is 0 Å². The Bertz CT molecular complexity index is 326. The van der Waals surface area contributed by atoms with E-state index in [0.717, 1.165) is 6.42 Å². The Morgan fingerprint density at radius 1 is 1.16 bits per heavy atom. The van der Waals surface area contributed by atoms with Crippen molar-refractivity contribution < 1.29 is 0 Å². The lowest BCUT2D eigenvalue weighted by Gasteiger charge is -2.27. The first kappa shape index (κ1) is 20.3. The van der Waals surface area contributed by atoms with Crippen molar-refractivity contribution in [3.63, 3.8) is 0 Å². The molecule has 0 aromatic heterocycles. The van der Waals surface area contributed by atoms with Crippen molar-refractivity contribution in [1.82, 2.24) is 0 Å². The van der Waals surface area contributed by atoms with Crippen LogP contribution in [0.2, 0.25) is 0 Å². The second-order valence-electron chi connectivity index (χ2n) is 4.75. The fourth-order valence-corrected chi connectivity index (χ4v) is 2.01. The first-order valence-corrected chi connectivity index (χ1v) is 7.68. The summed E-state index contributed by atoms with van der Waals surface area (Å²) in [6.45, 7) is 22.8. The van der Waals surface area contributed by atoms with E-state index in [9.17, 15) is 0 Å². The Morgan fingerprint density at radius 2 is 1.63 bits per heavy atom. The first-order chi connectivity index (χ1) is 8.98. The fraction of sp³-hybridized carbons (Fsp3) is 0.579. The zero-order chi connectivity index (χ0) is 15.5. The maximum atomic E-state index is 4.13. The van der Waals surface area contributed by atoms with E-state index >= 15 is 0 Å². The zero-order valence-electron chi connectivity index (χ0n) is 14.3. The minimum atomic E-state index is -0.0567. The van der Waals surface area contributed by atoms with Gasteiger partial charge in [-0.15, -0.1) is 6.58 Å². The number of allylic oxidation sites excluding steroid dienone is 6. The predicted molar refractivity (Wildman–Crippen MR) is 91.5 cm³/mol. The van der Waals surface area contributed by atoms with E-state index in [-0.39, 0.29) is 5.41 Å². The van der Waals surface area contributed by atoms with Crippen molar-refractivity contribution in [2.24, 2.45) is 5.41 Å². The van der Waals surface area contributed by atoms with Gasteiger partial charge >= 0.3 is 0 Å². The van der Waals surface area contributed by atoms with Gasteiger partial charge in [-0.25, -0.2) is 0 Å². The van der Waals surface area contributed by atoms with Crippen molar-refractivity contribution in [2.75, 3.05) is 0 Å². The summed E-state index contributed by atoms with van der Waals surface area (Å²) in [5.74, 6) is 0. The highest BCUT2D eigenvalue weighted by atomic mass is 14.3. The Balaban J connectivity index is 0. The molecule has 0 amide bonds. The average molecular weight is 262 g/mol. The van der Waals surface area contributed by atoms with E-state index in [0.29, 0.717) is 0 Å². The van der Waals surface area contributed by atoms with Gasteiger partial charge in [-0.1, -0.05) is 89.0 Å². The second kappa shape index (κ2) is 10.8. The van der Waals surface area contributed by atoms with Crippen LogP contribution in [0.25, 0.3) is 0 Å². The second-order valence-corrected chi connectivity index (χ2v) is 4.75.